The van der Waals surface area contributed by atoms with Gasteiger partial charge in [0.05, 0.1) is 41.7 Å². The summed E-state index contributed by atoms with van der Waals surface area (Å²) >= 11 is 0. The van der Waals surface area contributed by atoms with Crippen molar-refractivity contribution in [2.24, 2.45) is 5.92 Å². The first kappa shape index (κ1) is 19.3. The third-order valence-corrected chi connectivity index (χ3v) is 5.00. The van der Waals surface area contributed by atoms with E-state index in [1.165, 1.54) is 0 Å². The maximum Gasteiger partial charge on any atom is 0.0999 e. The molecule has 0 amide bonds. The average Bonchev–Trinajstić information content (AvgIpc) is 3.45. The monoisotopic (exact) mass is 393 g/mol. The molecule has 152 valence electrons. The van der Waals surface area contributed by atoms with Crippen LogP contribution < -0.4 is 0 Å². The molecule has 0 saturated heterocycles. The van der Waals surface area contributed by atoms with Crippen molar-refractivity contribution in [3.05, 3.63) is 43.2 Å². The van der Waals surface area contributed by atoms with Gasteiger partial charge in [-0.3, -0.25) is 9.36 Å². The van der Waals surface area contributed by atoms with Crippen LogP contribution in [0.25, 0.3) is 28.0 Å². The maximum atomic E-state index is 9.02. The summed E-state index contributed by atoms with van der Waals surface area (Å²) in [6.45, 7) is 7.46. The molecule has 8 nitrogen and oxygen atoms in total. The molecule has 0 fully saturated rings. The minimum atomic E-state index is 0.149. The second-order valence-electron chi connectivity index (χ2n) is 7.89. The second kappa shape index (κ2) is 8.16. The highest BCUT2D eigenvalue weighted by Gasteiger charge is 2.15. The quantitative estimate of drug-likeness (QED) is 0.495. The Labute approximate surface area is 169 Å². The number of aromatic nitrogens is 7. The van der Waals surface area contributed by atoms with Crippen molar-refractivity contribution in [1.29, 1.82) is 0 Å². The molecule has 0 aromatic carbocycles. The minimum Gasteiger partial charge on any atom is -0.396 e. The van der Waals surface area contributed by atoms with Gasteiger partial charge < -0.3 is 5.11 Å². The number of hydrogen-bond acceptors (Lipinski definition) is 5. The molecule has 1 atom stereocenters. The predicted molar refractivity (Wildman–Crippen MR) is 111 cm³/mol. The van der Waals surface area contributed by atoms with Crippen LogP contribution in [0.3, 0.4) is 0 Å². The van der Waals surface area contributed by atoms with Crippen molar-refractivity contribution in [2.45, 2.75) is 46.2 Å². The fourth-order valence-corrected chi connectivity index (χ4v) is 3.62. The number of rotatable bonds is 8. The van der Waals surface area contributed by atoms with Gasteiger partial charge >= 0.3 is 0 Å². The van der Waals surface area contributed by atoms with Gasteiger partial charge in [0, 0.05) is 42.7 Å². The van der Waals surface area contributed by atoms with Crippen LogP contribution in [-0.4, -0.2) is 45.9 Å². The molecular weight excluding hydrogens is 366 g/mol. The number of hydrogen-bond donors (Lipinski definition) is 1. The van der Waals surface area contributed by atoms with Crippen LogP contribution >= 0.6 is 0 Å². The fraction of sp³-hybridized carbons (Fsp3) is 0.429. The molecule has 29 heavy (non-hydrogen) atoms. The van der Waals surface area contributed by atoms with Crippen LogP contribution in [-0.2, 0) is 6.54 Å². The highest BCUT2D eigenvalue weighted by Crippen LogP contribution is 2.27. The zero-order valence-corrected chi connectivity index (χ0v) is 17.1. The highest BCUT2D eigenvalue weighted by molar-refractivity contribution is 5.78. The molecule has 0 spiro atoms. The lowest BCUT2D eigenvalue weighted by Crippen LogP contribution is -2.08. The number of aryl methyl sites for hydroxylation is 1. The van der Waals surface area contributed by atoms with E-state index >= 15 is 0 Å². The first-order valence-corrected chi connectivity index (χ1v) is 10.1. The van der Waals surface area contributed by atoms with Crippen molar-refractivity contribution in [1.82, 2.24) is 34.2 Å². The molecule has 0 bridgehead atoms. The van der Waals surface area contributed by atoms with E-state index in [9.17, 15) is 0 Å². The Morgan fingerprint density at radius 2 is 1.83 bits per heavy atom. The maximum absolute atomic E-state index is 9.02. The van der Waals surface area contributed by atoms with E-state index in [-0.39, 0.29) is 6.61 Å². The molecule has 0 aliphatic carbocycles. The summed E-state index contributed by atoms with van der Waals surface area (Å²) in [6.07, 6.45) is 13.1. The molecular formula is C21H27N7O. The van der Waals surface area contributed by atoms with Crippen molar-refractivity contribution in [3.63, 3.8) is 0 Å². The van der Waals surface area contributed by atoms with Gasteiger partial charge in [0.25, 0.3) is 0 Å². The summed E-state index contributed by atoms with van der Waals surface area (Å²) in [5.74, 6) is 0.614. The van der Waals surface area contributed by atoms with Crippen molar-refractivity contribution >= 4 is 5.52 Å². The lowest BCUT2D eigenvalue weighted by molar-refractivity contribution is 0.277. The topological polar surface area (TPSA) is 86.1 Å². The smallest absolute Gasteiger partial charge is 0.0999 e. The van der Waals surface area contributed by atoms with Gasteiger partial charge in [-0.15, -0.1) is 0 Å². The summed E-state index contributed by atoms with van der Waals surface area (Å²) in [5, 5.41) is 22.4. The van der Waals surface area contributed by atoms with Gasteiger partial charge in [-0.05, 0) is 31.7 Å². The number of fused-ring (bicyclic) bond motifs is 1. The van der Waals surface area contributed by atoms with E-state index < -0.39 is 0 Å². The molecule has 0 aliphatic heterocycles. The van der Waals surface area contributed by atoms with Gasteiger partial charge in [-0.1, -0.05) is 13.8 Å². The number of aliphatic hydroxyl groups excluding tert-OH is 1. The Balaban J connectivity index is 1.71. The van der Waals surface area contributed by atoms with Crippen LogP contribution in [0.1, 0.15) is 39.7 Å². The summed E-state index contributed by atoms with van der Waals surface area (Å²) in [5.41, 5.74) is 4.49. The third kappa shape index (κ3) is 4.07. The van der Waals surface area contributed by atoms with Crippen molar-refractivity contribution in [3.8, 4) is 22.5 Å². The van der Waals surface area contributed by atoms with Crippen LogP contribution in [0, 0.1) is 5.92 Å². The Morgan fingerprint density at radius 1 is 1.00 bits per heavy atom. The predicted octanol–water partition coefficient (Wildman–Crippen LogP) is 3.45. The summed E-state index contributed by atoms with van der Waals surface area (Å²) in [4.78, 5) is 4.92. The van der Waals surface area contributed by atoms with Gasteiger partial charge in [-0.2, -0.15) is 15.3 Å². The zero-order valence-electron chi connectivity index (χ0n) is 17.1. The molecule has 4 heterocycles. The van der Waals surface area contributed by atoms with Gasteiger partial charge in [0.15, 0.2) is 0 Å². The van der Waals surface area contributed by atoms with E-state index in [2.05, 4.69) is 42.3 Å². The summed E-state index contributed by atoms with van der Waals surface area (Å²) < 4.78 is 5.69. The molecule has 0 aliphatic rings. The van der Waals surface area contributed by atoms with Crippen LogP contribution in [0.5, 0.6) is 0 Å². The zero-order chi connectivity index (χ0) is 20.4. The van der Waals surface area contributed by atoms with E-state index in [0.29, 0.717) is 24.9 Å². The molecule has 4 rings (SSSR count). The molecule has 4 aromatic heterocycles. The first-order chi connectivity index (χ1) is 14.0. The molecule has 1 unspecified atom stereocenters. The van der Waals surface area contributed by atoms with Crippen molar-refractivity contribution in [2.75, 3.05) is 6.61 Å². The molecule has 0 radical (unpaired) electrons. The van der Waals surface area contributed by atoms with E-state index in [4.69, 9.17) is 10.1 Å². The average molecular weight is 393 g/mol. The van der Waals surface area contributed by atoms with Crippen LogP contribution in [0.15, 0.2) is 43.2 Å². The largest absolute Gasteiger partial charge is 0.396 e. The summed E-state index contributed by atoms with van der Waals surface area (Å²) in [6, 6.07) is 2.30. The second-order valence-corrected chi connectivity index (χ2v) is 7.89. The van der Waals surface area contributed by atoms with E-state index in [0.717, 1.165) is 34.5 Å². The summed E-state index contributed by atoms with van der Waals surface area (Å²) in [7, 11) is 0. The van der Waals surface area contributed by atoms with E-state index in [1.807, 2.05) is 38.5 Å². The van der Waals surface area contributed by atoms with Crippen molar-refractivity contribution < 1.29 is 5.11 Å². The lowest BCUT2D eigenvalue weighted by atomic mass is 10.1. The highest BCUT2D eigenvalue weighted by atomic mass is 16.3. The SMILES string of the molecule is CC(C)CC(C)n1cc(-c2nc(-c3cnn(CCCO)c3)cn3nccc23)cn1. The van der Waals surface area contributed by atoms with E-state index in [1.54, 1.807) is 12.4 Å². The normalized spacial score (nSPS) is 12.9. The Morgan fingerprint density at radius 3 is 2.62 bits per heavy atom. The standard InChI is InChI=1S/C21H27N7O/c1-15(2)9-16(3)27-13-18(11-24-27)21-20-5-6-22-28(20)14-19(25-21)17-10-23-26(12-17)7-4-8-29/h5-6,10-16,29H,4,7-9H2,1-3H3. The Hall–Kier alpha value is -3.00. The Bertz CT molecular complexity index is 1090. The Kier molecular flexibility index (Phi) is 5.44. The van der Waals surface area contributed by atoms with Gasteiger partial charge in [0.2, 0.25) is 0 Å². The molecule has 1 N–H and O–H groups in total. The minimum absolute atomic E-state index is 0.149. The first-order valence-electron chi connectivity index (χ1n) is 10.1. The van der Waals surface area contributed by atoms with Gasteiger partial charge in [-0.25, -0.2) is 9.50 Å². The molecule has 4 aromatic rings. The fourth-order valence-electron chi connectivity index (χ4n) is 3.62. The van der Waals surface area contributed by atoms with Crippen LogP contribution in [0.4, 0.5) is 0 Å². The van der Waals surface area contributed by atoms with Crippen LogP contribution in [0.2, 0.25) is 0 Å². The third-order valence-electron chi connectivity index (χ3n) is 5.00. The molecule has 8 heteroatoms. The molecule has 0 saturated carbocycles. The lowest BCUT2D eigenvalue weighted by Gasteiger charge is -2.14. The number of nitrogens with zero attached hydrogens (tertiary/aromatic N) is 7. The number of aliphatic hydroxyl groups is 1. The van der Waals surface area contributed by atoms with Gasteiger partial charge in [0.1, 0.15) is 0 Å².